The summed E-state index contributed by atoms with van der Waals surface area (Å²) in [6, 6.07) is 14.6. The largest absolute Gasteiger partial charge is 0.497 e. The first-order valence-corrected chi connectivity index (χ1v) is 7.66. The first-order valence-electron chi connectivity index (χ1n) is 7.66. The molecule has 24 heavy (non-hydrogen) atoms. The van der Waals surface area contributed by atoms with Crippen LogP contribution in [0.15, 0.2) is 54.7 Å². The summed E-state index contributed by atoms with van der Waals surface area (Å²) in [4.78, 5) is 27.3. The molecule has 0 fully saturated rings. The number of hydrogen-bond acceptors (Lipinski definition) is 3. The van der Waals surface area contributed by atoms with Crippen LogP contribution >= 0.6 is 0 Å². The fourth-order valence-electron chi connectivity index (χ4n) is 2.57. The van der Waals surface area contributed by atoms with Gasteiger partial charge in [0.05, 0.1) is 20.1 Å². The smallest absolute Gasteiger partial charge is 0.224 e. The van der Waals surface area contributed by atoms with Gasteiger partial charge < -0.3 is 15.0 Å². The van der Waals surface area contributed by atoms with Gasteiger partial charge in [-0.15, -0.1) is 0 Å². The number of hydrogen-bond donors (Lipinski definition) is 2. The van der Waals surface area contributed by atoms with Crippen LogP contribution in [0.4, 0.5) is 0 Å². The Labute approximate surface area is 139 Å². The second-order valence-electron chi connectivity index (χ2n) is 5.46. The minimum Gasteiger partial charge on any atom is -0.497 e. The van der Waals surface area contributed by atoms with Crippen LogP contribution in [0.3, 0.4) is 0 Å². The summed E-state index contributed by atoms with van der Waals surface area (Å²) >= 11 is 0. The molecule has 5 heteroatoms. The van der Waals surface area contributed by atoms with Gasteiger partial charge in [-0.25, -0.2) is 0 Å². The number of ketones is 1. The number of ether oxygens (including phenoxy) is 1. The number of H-pyrrole nitrogens is 1. The summed E-state index contributed by atoms with van der Waals surface area (Å²) < 4.78 is 5.06. The molecule has 0 unspecified atom stereocenters. The molecule has 122 valence electrons. The van der Waals surface area contributed by atoms with Gasteiger partial charge in [-0.05, 0) is 35.9 Å². The van der Waals surface area contributed by atoms with Gasteiger partial charge in [0.25, 0.3) is 0 Å². The molecule has 0 bridgehead atoms. The van der Waals surface area contributed by atoms with Gasteiger partial charge in [0.15, 0.2) is 5.78 Å². The van der Waals surface area contributed by atoms with Crippen LogP contribution in [0, 0.1) is 0 Å². The van der Waals surface area contributed by atoms with Crippen LogP contribution in [0.25, 0.3) is 10.9 Å². The molecule has 0 saturated heterocycles. The van der Waals surface area contributed by atoms with Gasteiger partial charge in [0.2, 0.25) is 5.91 Å². The van der Waals surface area contributed by atoms with E-state index in [1.165, 1.54) is 0 Å². The van der Waals surface area contributed by atoms with Crippen molar-refractivity contribution in [3.8, 4) is 5.75 Å². The maximum Gasteiger partial charge on any atom is 0.224 e. The lowest BCUT2D eigenvalue weighted by atomic mass is 10.1. The van der Waals surface area contributed by atoms with E-state index in [2.05, 4.69) is 10.3 Å². The van der Waals surface area contributed by atoms with E-state index in [1.807, 2.05) is 30.5 Å². The number of aromatic nitrogens is 1. The van der Waals surface area contributed by atoms with Crippen molar-refractivity contribution < 1.29 is 14.3 Å². The van der Waals surface area contributed by atoms with E-state index in [9.17, 15) is 9.59 Å². The fourth-order valence-corrected chi connectivity index (χ4v) is 2.57. The molecule has 1 amide bonds. The molecule has 0 saturated carbocycles. The number of methoxy groups -OCH3 is 1. The van der Waals surface area contributed by atoms with Crippen molar-refractivity contribution in [2.24, 2.45) is 0 Å². The summed E-state index contributed by atoms with van der Waals surface area (Å²) in [6.07, 6.45) is 2.06. The lowest BCUT2D eigenvalue weighted by Gasteiger charge is -2.05. The molecule has 0 aliphatic carbocycles. The fraction of sp³-hybridized carbons (Fsp3) is 0.158. The first-order chi connectivity index (χ1) is 11.7. The molecule has 0 radical (unpaired) electrons. The summed E-state index contributed by atoms with van der Waals surface area (Å²) in [6.45, 7) is -0.0203. The molecule has 0 atom stereocenters. The predicted octanol–water partition coefficient (Wildman–Crippen LogP) is 2.72. The van der Waals surface area contributed by atoms with E-state index < -0.39 is 0 Å². The predicted molar refractivity (Wildman–Crippen MR) is 92.3 cm³/mol. The van der Waals surface area contributed by atoms with Crippen LogP contribution in [-0.2, 0) is 11.2 Å². The Bertz CT molecular complexity index is 866. The SMILES string of the molecule is COc1ccc(C(=O)CNC(=O)Cc2c[nH]c3ccccc23)cc1. The van der Waals surface area contributed by atoms with Gasteiger partial charge in [0.1, 0.15) is 5.75 Å². The monoisotopic (exact) mass is 322 g/mol. The van der Waals surface area contributed by atoms with Crippen LogP contribution in [0.2, 0.25) is 0 Å². The van der Waals surface area contributed by atoms with E-state index in [-0.39, 0.29) is 24.7 Å². The zero-order valence-electron chi connectivity index (χ0n) is 13.3. The number of carbonyl (C=O) groups is 2. The quantitative estimate of drug-likeness (QED) is 0.686. The van der Waals surface area contributed by atoms with Crippen molar-refractivity contribution in [2.45, 2.75) is 6.42 Å². The number of fused-ring (bicyclic) bond motifs is 1. The Morgan fingerprint density at radius 2 is 1.83 bits per heavy atom. The topological polar surface area (TPSA) is 71.2 Å². The van der Waals surface area contributed by atoms with Crippen LogP contribution in [0.5, 0.6) is 5.75 Å². The number of aromatic amines is 1. The third kappa shape index (κ3) is 3.46. The van der Waals surface area contributed by atoms with Crippen molar-refractivity contribution in [3.05, 3.63) is 65.9 Å². The number of carbonyl (C=O) groups excluding carboxylic acids is 2. The number of nitrogens with one attached hydrogen (secondary N) is 2. The van der Waals surface area contributed by atoms with Gasteiger partial charge in [-0.3, -0.25) is 9.59 Å². The molecule has 3 aromatic rings. The Balaban J connectivity index is 1.57. The molecule has 0 spiro atoms. The minimum absolute atomic E-state index is 0.0203. The van der Waals surface area contributed by atoms with E-state index in [0.29, 0.717) is 11.3 Å². The van der Waals surface area contributed by atoms with Crippen molar-refractivity contribution >= 4 is 22.6 Å². The van der Waals surface area contributed by atoms with E-state index in [4.69, 9.17) is 4.74 Å². The average molecular weight is 322 g/mol. The Hall–Kier alpha value is -3.08. The lowest BCUT2D eigenvalue weighted by molar-refractivity contribution is -0.120. The van der Waals surface area contributed by atoms with Crippen LogP contribution in [-0.4, -0.2) is 30.3 Å². The molecule has 1 heterocycles. The molecular formula is C19H18N2O3. The van der Waals surface area contributed by atoms with Crippen molar-refractivity contribution in [1.82, 2.24) is 10.3 Å². The molecule has 2 aromatic carbocycles. The average Bonchev–Trinajstić information content (AvgIpc) is 3.03. The van der Waals surface area contributed by atoms with Gasteiger partial charge in [-0.2, -0.15) is 0 Å². The summed E-state index contributed by atoms with van der Waals surface area (Å²) in [5.41, 5.74) is 2.46. The number of Topliss-reactive ketones (excluding diaryl/α,β-unsaturated/α-hetero) is 1. The first kappa shape index (κ1) is 15.8. The maximum absolute atomic E-state index is 12.1. The molecule has 2 N–H and O–H groups in total. The molecule has 5 nitrogen and oxygen atoms in total. The third-order valence-electron chi connectivity index (χ3n) is 3.88. The highest BCUT2D eigenvalue weighted by molar-refractivity contribution is 5.99. The maximum atomic E-state index is 12.1. The number of amides is 1. The van der Waals surface area contributed by atoms with E-state index in [1.54, 1.807) is 31.4 Å². The second kappa shape index (κ2) is 7.00. The van der Waals surface area contributed by atoms with E-state index >= 15 is 0 Å². The van der Waals surface area contributed by atoms with Gasteiger partial charge >= 0.3 is 0 Å². The summed E-state index contributed by atoms with van der Waals surface area (Å²) in [5.74, 6) is 0.376. The van der Waals surface area contributed by atoms with Crippen LogP contribution < -0.4 is 10.1 Å². The lowest BCUT2D eigenvalue weighted by Crippen LogP contribution is -2.30. The number of benzene rings is 2. The molecule has 1 aromatic heterocycles. The van der Waals surface area contributed by atoms with Crippen molar-refractivity contribution in [3.63, 3.8) is 0 Å². The van der Waals surface area contributed by atoms with E-state index in [0.717, 1.165) is 16.5 Å². The highest BCUT2D eigenvalue weighted by atomic mass is 16.5. The highest BCUT2D eigenvalue weighted by Crippen LogP contribution is 2.18. The Kier molecular flexibility index (Phi) is 4.61. The Morgan fingerprint density at radius 3 is 2.58 bits per heavy atom. The third-order valence-corrected chi connectivity index (χ3v) is 3.88. The molecular weight excluding hydrogens is 304 g/mol. The number of para-hydroxylation sites is 1. The Morgan fingerprint density at radius 1 is 1.08 bits per heavy atom. The van der Waals surface area contributed by atoms with Crippen molar-refractivity contribution in [1.29, 1.82) is 0 Å². The van der Waals surface area contributed by atoms with Crippen LogP contribution in [0.1, 0.15) is 15.9 Å². The molecule has 3 rings (SSSR count). The normalized spacial score (nSPS) is 10.5. The number of rotatable bonds is 6. The van der Waals surface area contributed by atoms with Gasteiger partial charge in [-0.1, -0.05) is 18.2 Å². The molecule has 0 aliphatic heterocycles. The summed E-state index contributed by atoms with van der Waals surface area (Å²) in [7, 11) is 1.57. The second-order valence-corrected chi connectivity index (χ2v) is 5.46. The van der Waals surface area contributed by atoms with Crippen molar-refractivity contribution in [2.75, 3.05) is 13.7 Å². The van der Waals surface area contributed by atoms with Gasteiger partial charge in [0, 0.05) is 22.7 Å². The zero-order chi connectivity index (χ0) is 16.9. The standard InChI is InChI=1S/C19H18N2O3/c1-24-15-8-6-13(7-9-15)18(22)12-21-19(23)10-14-11-20-17-5-3-2-4-16(14)17/h2-9,11,20H,10,12H2,1H3,(H,21,23). The summed E-state index contributed by atoms with van der Waals surface area (Å²) in [5, 5.41) is 3.70. The highest BCUT2D eigenvalue weighted by Gasteiger charge is 2.11. The molecule has 0 aliphatic rings. The minimum atomic E-state index is -0.179. The zero-order valence-corrected chi connectivity index (χ0v) is 13.3.